The number of fused-ring (bicyclic) bond motifs is 1. The number of anilines is 3. The summed E-state index contributed by atoms with van der Waals surface area (Å²) in [7, 11) is 4.06. The van der Waals surface area contributed by atoms with E-state index in [1.807, 2.05) is 50.5 Å². The molecule has 0 atom stereocenters. The average Bonchev–Trinajstić information content (AvgIpc) is 3.39. The summed E-state index contributed by atoms with van der Waals surface area (Å²) in [5.74, 6) is 2.10. The van der Waals surface area contributed by atoms with Gasteiger partial charge in [-0.3, -0.25) is 0 Å². The van der Waals surface area contributed by atoms with E-state index in [2.05, 4.69) is 78.6 Å². The van der Waals surface area contributed by atoms with Gasteiger partial charge < -0.3 is 24.8 Å². The minimum Gasteiger partial charge on any atom is -0.492 e. The largest absolute Gasteiger partial charge is 0.492 e. The molecular formula is C29H31N7O. The van der Waals surface area contributed by atoms with Crippen LogP contribution >= 0.6 is 0 Å². The maximum atomic E-state index is 5.81. The van der Waals surface area contributed by atoms with Gasteiger partial charge in [-0.25, -0.2) is 4.98 Å². The van der Waals surface area contributed by atoms with Gasteiger partial charge in [0.2, 0.25) is 5.95 Å². The fourth-order valence-electron chi connectivity index (χ4n) is 4.02. The first-order chi connectivity index (χ1) is 18.1. The van der Waals surface area contributed by atoms with Crippen LogP contribution in [0.1, 0.15) is 11.1 Å². The van der Waals surface area contributed by atoms with E-state index in [-0.39, 0.29) is 0 Å². The molecule has 3 aromatic carbocycles. The van der Waals surface area contributed by atoms with Crippen molar-refractivity contribution >= 4 is 28.6 Å². The van der Waals surface area contributed by atoms with E-state index in [1.54, 1.807) is 6.33 Å². The number of imidazole rings is 1. The van der Waals surface area contributed by atoms with Crippen molar-refractivity contribution in [3.05, 3.63) is 102 Å². The average molecular weight is 494 g/mol. The third-order valence-electron chi connectivity index (χ3n) is 5.91. The molecule has 0 aliphatic heterocycles. The van der Waals surface area contributed by atoms with Crippen LogP contribution in [0.4, 0.5) is 17.5 Å². The molecule has 5 rings (SSSR count). The van der Waals surface area contributed by atoms with E-state index >= 15 is 0 Å². The van der Waals surface area contributed by atoms with Gasteiger partial charge in [0, 0.05) is 25.3 Å². The highest BCUT2D eigenvalue weighted by Crippen LogP contribution is 2.28. The maximum absolute atomic E-state index is 5.81. The zero-order valence-electron chi connectivity index (χ0n) is 21.1. The number of aromatic amines is 1. The van der Waals surface area contributed by atoms with E-state index in [1.165, 1.54) is 11.1 Å². The van der Waals surface area contributed by atoms with E-state index in [0.29, 0.717) is 31.3 Å². The van der Waals surface area contributed by atoms with Gasteiger partial charge >= 0.3 is 0 Å². The molecule has 0 unspecified atom stereocenters. The third kappa shape index (κ3) is 6.42. The summed E-state index contributed by atoms with van der Waals surface area (Å²) in [5, 5.41) is 3.35. The Hall–Kier alpha value is -4.43. The standard InChI is InChI=1S/C29H31N7O/c1-35(2)17-18-37-25-15-13-24(14-16-25)32-29-33-27-26(30-21-31-27)28(34-29)36(19-22-9-5-3-6-10-22)20-23-11-7-4-8-12-23/h3-16,21H,17-20H2,1-2H3,(H2,30,31,32,33,34). The summed E-state index contributed by atoms with van der Waals surface area (Å²) in [6.07, 6.45) is 1.66. The number of hydrogen-bond donors (Lipinski definition) is 2. The van der Waals surface area contributed by atoms with Crippen LogP contribution in [-0.4, -0.2) is 52.1 Å². The Bertz CT molecular complexity index is 1360. The summed E-state index contributed by atoms with van der Waals surface area (Å²) < 4.78 is 5.81. The lowest BCUT2D eigenvalue weighted by Crippen LogP contribution is -2.24. The van der Waals surface area contributed by atoms with Crippen LogP contribution in [0, 0.1) is 0 Å². The van der Waals surface area contributed by atoms with Gasteiger partial charge in [0.25, 0.3) is 0 Å². The van der Waals surface area contributed by atoms with Crippen LogP contribution in [-0.2, 0) is 13.1 Å². The van der Waals surface area contributed by atoms with E-state index in [9.17, 15) is 0 Å². The fourth-order valence-corrected chi connectivity index (χ4v) is 4.02. The van der Waals surface area contributed by atoms with Crippen molar-refractivity contribution in [1.82, 2.24) is 24.8 Å². The van der Waals surface area contributed by atoms with Crippen molar-refractivity contribution in [2.24, 2.45) is 0 Å². The van der Waals surface area contributed by atoms with Gasteiger partial charge in [0.05, 0.1) is 6.33 Å². The lowest BCUT2D eigenvalue weighted by atomic mass is 10.1. The van der Waals surface area contributed by atoms with Gasteiger partial charge in [-0.15, -0.1) is 0 Å². The molecular weight excluding hydrogens is 462 g/mol. The molecule has 0 saturated heterocycles. The zero-order valence-corrected chi connectivity index (χ0v) is 21.1. The molecule has 0 aliphatic rings. The molecule has 0 saturated carbocycles. The minimum absolute atomic E-state index is 0.499. The molecule has 37 heavy (non-hydrogen) atoms. The number of aromatic nitrogens is 4. The molecule has 0 amide bonds. The summed E-state index contributed by atoms with van der Waals surface area (Å²) in [6.45, 7) is 2.88. The Morgan fingerprint density at radius 1 is 0.811 bits per heavy atom. The van der Waals surface area contributed by atoms with Crippen molar-refractivity contribution in [3.8, 4) is 5.75 Å². The van der Waals surface area contributed by atoms with Crippen molar-refractivity contribution in [2.45, 2.75) is 13.1 Å². The molecule has 2 heterocycles. The molecule has 2 N–H and O–H groups in total. The van der Waals surface area contributed by atoms with Crippen LogP contribution in [0.5, 0.6) is 5.75 Å². The second kappa shape index (κ2) is 11.5. The highest BCUT2D eigenvalue weighted by Gasteiger charge is 2.18. The van der Waals surface area contributed by atoms with Crippen LogP contribution in [0.15, 0.2) is 91.3 Å². The molecule has 188 valence electrons. The predicted molar refractivity (Wildman–Crippen MR) is 148 cm³/mol. The van der Waals surface area contributed by atoms with Crippen LogP contribution in [0.2, 0.25) is 0 Å². The maximum Gasteiger partial charge on any atom is 0.231 e. The number of nitrogens with one attached hydrogen (secondary N) is 2. The fraction of sp³-hybridized carbons (Fsp3) is 0.207. The first kappa shape index (κ1) is 24.3. The minimum atomic E-state index is 0.499. The summed E-state index contributed by atoms with van der Waals surface area (Å²) in [5.41, 5.74) is 4.69. The number of likely N-dealkylation sites (N-methyl/N-ethyl adjacent to an activating group) is 1. The Labute approximate surface area is 217 Å². The van der Waals surface area contributed by atoms with Gasteiger partial charge in [-0.2, -0.15) is 9.97 Å². The van der Waals surface area contributed by atoms with Gasteiger partial charge in [0.15, 0.2) is 17.0 Å². The molecule has 8 nitrogen and oxygen atoms in total. The Morgan fingerprint density at radius 2 is 1.46 bits per heavy atom. The van der Waals surface area contributed by atoms with Crippen LogP contribution in [0.3, 0.4) is 0 Å². The summed E-state index contributed by atoms with van der Waals surface area (Å²) >= 11 is 0. The van der Waals surface area contributed by atoms with Crippen LogP contribution < -0.4 is 15.0 Å². The molecule has 0 fully saturated rings. The van der Waals surface area contributed by atoms with Gasteiger partial charge in [-0.05, 0) is 49.5 Å². The Balaban J connectivity index is 1.42. The number of hydrogen-bond acceptors (Lipinski definition) is 7. The summed E-state index contributed by atoms with van der Waals surface area (Å²) in [6, 6.07) is 28.6. The number of benzene rings is 3. The number of H-pyrrole nitrogens is 1. The quantitative estimate of drug-likeness (QED) is 0.260. The third-order valence-corrected chi connectivity index (χ3v) is 5.91. The SMILES string of the molecule is CN(C)CCOc1ccc(Nc2nc(N(Cc3ccccc3)Cc3ccccc3)c3nc[nH]c3n2)cc1. The van der Waals surface area contributed by atoms with E-state index in [0.717, 1.165) is 29.3 Å². The Kier molecular flexibility index (Phi) is 7.57. The summed E-state index contributed by atoms with van der Waals surface area (Å²) in [4.78, 5) is 21.7. The van der Waals surface area contributed by atoms with Crippen LogP contribution in [0.25, 0.3) is 11.2 Å². The lowest BCUT2D eigenvalue weighted by Gasteiger charge is -2.25. The van der Waals surface area contributed by atoms with Gasteiger partial charge in [0.1, 0.15) is 12.4 Å². The molecule has 0 bridgehead atoms. The first-order valence-corrected chi connectivity index (χ1v) is 12.3. The molecule has 0 aliphatic carbocycles. The normalized spacial score (nSPS) is 11.1. The number of rotatable bonds is 11. The second-order valence-electron chi connectivity index (χ2n) is 9.10. The van der Waals surface area contributed by atoms with Crippen molar-refractivity contribution in [2.75, 3.05) is 37.5 Å². The smallest absolute Gasteiger partial charge is 0.231 e. The topological polar surface area (TPSA) is 82.2 Å². The van der Waals surface area contributed by atoms with Crippen molar-refractivity contribution in [1.29, 1.82) is 0 Å². The molecule has 2 aromatic heterocycles. The highest BCUT2D eigenvalue weighted by molar-refractivity contribution is 5.84. The van der Waals surface area contributed by atoms with Crippen molar-refractivity contribution in [3.63, 3.8) is 0 Å². The van der Waals surface area contributed by atoms with E-state index in [4.69, 9.17) is 9.72 Å². The number of ether oxygens (including phenoxy) is 1. The second-order valence-corrected chi connectivity index (χ2v) is 9.10. The van der Waals surface area contributed by atoms with E-state index < -0.39 is 0 Å². The molecule has 8 heteroatoms. The monoisotopic (exact) mass is 493 g/mol. The first-order valence-electron chi connectivity index (χ1n) is 12.3. The van der Waals surface area contributed by atoms with Gasteiger partial charge in [-0.1, -0.05) is 60.7 Å². The molecule has 0 spiro atoms. The zero-order chi connectivity index (χ0) is 25.5. The van der Waals surface area contributed by atoms with Crippen molar-refractivity contribution < 1.29 is 4.74 Å². The number of nitrogens with zero attached hydrogens (tertiary/aromatic N) is 5. The molecule has 5 aromatic rings. The highest BCUT2D eigenvalue weighted by atomic mass is 16.5. The Morgan fingerprint density at radius 3 is 2.08 bits per heavy atom. The predicted octanol–water partition coefficient (Wildman–Crippen LogP) is 5.24. The molecule has 0 radical (unpaired) electrons. The lowest BCUT2D eigenvalue weighted by molar-refractivity contribution is 0.261.